The third-order valence-electron chi connectivity index (χ3n) is 4.28. The van der Waals surface area contributed by atoms with Crippen molar-refractivity contribution in [2.45, 2.75) is 78.1 Å². The number of hydrogen-bond acceptors (Lipinski definition) is 3. The minimum Gasteiger partial charge on any atom is -0.364 e. The molecule has 0 aromatic rings. The van der Waals surface area contributed by atoms with E-state index >= 15 is 0 Å². The molecule has 1 unspecified atom stereocenters. The quantitative estimate of drug-likeness (QED) is 0.205. The number of amides is 1. The first-order chi connectivity index (χ1) is 12.8. The monoisotopic (exact) mass is 366 g/mol. The van der Waals surface area contributed by atoms with Crippen LogP contribution in [0, 0.1) is 5.92 Å². The summed E-state index contributed by atoms with van der Waals surface area (Å²) in [7, 11) is 1.84. The predicted molar refractivity (Wildman–Crippen MR) is 112 cm³/mol. The first-order valence-corrected chi connectivity index (χ1v) is 10.6. The van der Waals surface area contributed by atoms with Crippen LogP contribution in [-0.4, -0.2) is 32.8 Å². The van der Waals surface area contributed by atoms with Gasteiger partial charge in [-0.05, 0) is 32.7 Å². The molecule has 0 spiro atoms. The molecule has 4 heteroatoms. The predicted octanol–water partition coefficient (Wildman–Crippen LogP) is 4.97. The normalized spacial score (nSPS) is 12.9. The number of carbonyl (C=O) groups is 1. The van der Waals surface area contributed by atoms with E-state index in [1.165, 1.54) is 38.5 Å². The third kappa shape index (κ3) is 16.3. The molecule has 0 fully saturated rings. The Bertz CT molecular complexity index is 367. The van der Waals surface area contributed by atoms with Crippen molar-refractivity contribution in [2.75, 3.05) is 26.9 Å². The van der Waals surface area contributed by atoms with Crippen LogP contribution in [0.25, 0.3) is 0 Å². The van der Waals surface area contributed by atoms with E-state index in [1.54, 1.807) is 0 Å². The lowest BCUT2D eigenvalue weighted by atomic mass is 9.99. The molecule has 2 N–H and O–H groups in total. The lowest BCUT2D eigenvalue weighted by Gasteiger charge is -2.13. The fourth-order valence-electron chi connectivity index (χ4n) is 2.71. The second-order valence-corrected chi connectivity index (χ2v) is 6.78. The maximum atomic E-state index is 12.4. The Morgan fingerprint density at radius 3 is 2.50 bits per heavy atom. The van der Waals surface area contributed by atoms with Gasteiger partial charge in [0.1, 0.15) is 0 Å². The van der Waals surface area contributed by atoms with Crippen molar-refractivity contribution in [1.82, 2.24) is 10.6 Å². The second-order valence-electron chi connectivity index (χ2n) is 6.78. The van der Waals surface area contributed by atoms with Gasteiger partial charge in [0.2, 0.25) is 5.91 Å². The molecule has 0 saturated carbocycles. The third-order valence-corrected chi connectivity index (χ3v) is 4.28. The second kappa shape index (κ2) is 20.2. The van der Waals surface area contributed by atoms with Crippen LogP contribution in [0.1, 0.15) is 78.1 Å². The first-order valence-electron chi connectivity index (χ1n) is 10.6. The summed E-state index contributed by atoms with van der Waals surface area (Å²) < 4.78 is 5.33. The molecular weight excluding hydrogens is 324 g/mol. The fourth-order valence-corrected chi connectivity index (χ4v) is 2.71. The van der Waals surface area contributed by atoms with E-state index in [2.05, 4.69) is 48.8 Å². The summed E-state index contributed by atoms with van der Waals surface area (Å²) in [4.78, 5) is 12.4. The van der Waals surface area contributed by atoms with Crippen molar-refractivity contribution in [3.63, 3.8) is 0 Å². The Labute approximate surface area is 161 Å². The molecule has 1 amide bonds. The van der Waals surface area contributed by atoms with Gasteiger partial charge in [0, 0.05) is 6.54 Å². The Hall–Kier alpha value is -1.13. The minimum atomic E-state index is -0.0235. The highest BCUT2D eigenvalue weighted by Gasteiger charge is 2.14. The summed E-state index contributed by atoms with van der Waals surface area (Å²) in [6, 6.07) is 0. The van der Waals surface area contributed by atoms with Crippen molar-refractivity contribution >= 4 is 5.91 Å². The van der Waals surface area contributed by atoms with Crippen molar-refractivity contribution in [2.24, 2.45) is 5.92 Å². The molecule has 0 aromatic carbocycles. The molecule has 0 aromatic heterocycles. The maximum absolute atomic E-state index is 12.4. The summed E-state index contributed by atoms with van der Waals surface area (Å²) >= 11 is 0. The zero-order valence-electron chi connectivity index (χ0n) is 17.4. The van der Waals surface area contributed by atoms with Gasteiger partial charge in [-0.1, -0.05) is 76.7 Å². The van der Waals surface area contributed by atoms with Crippen LogP contribution in [0.4, 0.5) is 0 Å². The van der Waals surface area contributed by atoms with Crippen molar-refractivity contribution in [1.29, 1.82) is 0 Å². The summed E-state index contributed by atoms with van der Waals surface area (Å²) in [5.41, 5.74) is 0. The number of hydrogen-bond donors (Lipinski definition) is 2. The topological polar surface area (TPSA) is 50.4 Å². The molecule has 4 nitrogen and oxygen atoms in total. The van der Waals surface area contributed by atoms with Gasteiger partial charge in [-0.15, -0.1) is 0 Å². The maximum Gasteiger partial charge on any atom is 0.226 e. The molecule has 0 aliphatic heterocycles. The van der Waals surface area contributed by atoms with E-state index in [0.29, 0.717) is 19.9 Å². The number of allylic oxidation sites excluding steroid dienone is 3. The van der Waals surface area contributed by atoms with Crippen LogP contribution >= 0.6 is 0 Å². The van der Waals surface area contributed by atoms with Crippen LogP contribution in [-0.2, 0) is 9.53 Å². The van der Waals surface area contributed by atoms with E-state index in [9.17, 15) is 4.79 Å². The average Bonchev–Trinajstić information content (AvgIpc) is 2.65. The summed E-state index contributed by atoms with van der Waals surface area (Å²) in [6.45, 7) is 6.06. The highest BCUT2D eigenvalue weighted by atomic mass is 16.5. The van der Waals surface area contributed by atoms with Gasteiger partial charge in [0.15, 0.2) is 0 Å². The number of rotatable bonds is 18. The smallest absolute Gasteiger partial charge is 0.226 e. The van der Waals surface area contributed by atoms with Crippen molar-refractivity contribution < 1.29 is 9.53 Å². The fraction of sp³-hybridized carbons (Fsp3) is 0.773. The first kappa shape index (κ1) is 24.9. The Balaban J connectivity index is 4.21. The number of carbonyl (C=O) groups excluding carboxylic acids is 1. The molecule has 26 heavy (non-hydrogen) atoms. The molecule has 152 valence electrons. The lowest BCUT2D eigenvalue weighted by molar-refractivity contribution is -0.124. The van der Waals surface area contributed by atoms with E-state index in [0.717, 1.165) is 25.7 Å². The lowest BCUT2D eigenvalue weighted by Crippen LogP contribution is -2.33. The molecule has 0 radical (unpaired) electrons. The van der Waals surface area contributed by atoms with Crippen molar-refractivity contribution in [3.05, 3.63) is 24.3 Å². The molecule has 1 atom stereocenters. The summed E-state index contributed by atoms with van der Waals surface area (Å²) in [6.07, 6.45) is 20.3. The van der Waals surface area contributed by atoms with Crippen LogP contribution < -0.4 is 10.6 Å². The van der Waals surface area contributed by atoms with Crippen LogP contribution in [0.3, 0.4) is 0 Å². The Kier molecular flexibility index (Phi) is 19.3. The Morgan fingerprint density at radius 2 is 1.77 bits per heavy atom. The summed E-state index contributed by atoms with van der Waals surface area (Å²) in [5, 5.41) is 5.92. The van der Waals surface area contributed by atoms with E-state index in [4.69, 9.17) is 4.74 Å². The number of ether oxygens (including phenoxy) is 1. The highest BCUT2D eigenvalue weighted by molar-refractivity contribution is 5.80. The SMILES string of the molecule is CCCCC/C=C/C/C=C/C(CCCCCC)C(=O)NCCOCNC. The molecule has 0 aliphatic carbocycles. The van der Waals surface area contributed by atoms with Gasteiger partial charge in [-0.2, -0.15) is 0 Å². The van der Waals surface area contributed by atoms with E-state index in [1.807, 2.05) is 7.05 Å². The minimum absolute atomic E-state index is 0.0235. The molecule has 0 rings (SSSR count). The van der Waals surface area contributed by atoms with Gasteiger partial charge in [-0.25, -0.2) is 0 Å². The van der Waals surface area contributed by atoms with Crippen molar-refractivity contribution in [3.8, 4) is 0 Å². The number of unbranched alkanes of at least 4 members (excludes halogenated alkanes) is 6. The zero-order chi connectivity index (χ0) is 19.3. The van der Waals surface area contributed by atoms with Crippen LogP contribution in [0.2, 0.25) is 0 Å². The van der Waals surface area contributed by atoms with Gasteiger partial charge < -0.3 is 10.1 Å². The van der Waals surface area contributed by atoms with E-state index < -0.39 is 0 Å². The molecular formula is C22H42N2O2. The van der Waals surface area contributed by atoms with Crippen LogP contribution in [0.15, 0.2) is 24.3 Å². The van der Waals surface area contributed by atoms with Crippen LogP contribution in [0.5, 0.6) is 0 Å². The molecule has 0 heterocycles. The van der Waals surface area contributed by atoms with Gasteiger partial charge in [-0.3, -0.25) is 10.1 Å². The molecule has 0 bridgehead atoms. The largest absolute Gasteiger partial charge is 0.364 e. The highest BCUT2D eigenvalue weighted by Crippen LogP contribution is 2.13. The zero-order valence-corrected chi connectivity index (χ0v) is 17.4. The standard InChI is InChI=1S/C22H42N2O2/c1-4-6-8-10-11-12-13-15-17-21(16-14-9-7-5-2)22(25)24-18-19-26-20-23-3/h11-12,15,17,21,23H,4-10,13-14,16,18-20H2,1-3H3,(H,24,25)/b12-11+,17-15+. The van der Waals surface area contributed by atoms with Gasteiger partial charge in [0.05, 0.1) is 19.3 Å². The molecule has 0 aliphatic rings. The summed E-state index contributed by atoms with van der Waals surface area (Å²) in [5.74, 6) is 0.0994. The Morgan fingerprint density at radius 1 is 1.00 bits per heavy atom. The number of nitrogens with one attached hydrogen (secondary N) is 2. The van der Waals surface area contributed by atoms with Gasteiger partial charge in [0.25, 0.3) is 0 Å². The average molecular weight is 367 g/mol. The van der Waals surface area contributed by atoms with E-state index in [-0.39, 0.29) is 11.8 Å². The molecule has 0 saturated heterocycles. The van der Waals surface area contributed by atoms with Gasteiger partial charge >= 0.3 is 0 Å².